The highest BCUT2D eigenvalue weighted by Gasteiger charge is 2.22. The second-order valence-electron chi connectivity index (χ2n) is 6.27. The van der Waals surface area contributed by atoms with Crippen LogP contribution in [0.1, 0.15) is 24.8 Å². The minimum absolute atomic E-state index is 0.0840. The first-order valence-electron chi connectivity index (χ1n) is 8.26. The molecule has 1 atom stereocenters. The highest BCUT2D eigenvalue weighted by atomic mass is 16.7. The number of ether oxygens (including phenoxy) is 2. The average Bonchev–Trinajstić information content (AvgIpc) is 2.91. The molecule has 0 bridgehead atoms. The van der Waals surface area contributed by atoms with Gasteiger partial charge in [0.15, 0.2) is 11.5 Å². The average molecular weight is 333 g/mol. The van der Waals surface area contributed by atoms with E-state index in [0.29, 0.717) is 19.5 Å². The summed E-state index contributed by atoms with van der Waals surface area (Å²) in [5.41, 5.74) is 1.04. The van der Waals surface area contributed by atoms with E-state index in [0.717, 1.165) is 29.9 Å². The third kappa shape index (κ3) is 4.17. The second kappa shape index (κ2) is 7.53. The molecule has 2 heterocycles. The quantitative estimate of drug-likeness (QED) is 0.826. The lowest BCUT2D eigenvalue weighted by Crippen LogP contribution is -2.48. The summed E-state index contributed by atoms with van der Waals surface area (Å²) in [5, 5.41) is 5.65. The zero-order chi connectivity index (χ0) is 16.9. The maximum atomic E-state index is 12.2. The fourth-order valence-electron chi connectivity index (χ4n) is 2.97. The molecular weight excluding hydrogens is 310 g/mol. The Kier molecular flexibility index (Phi) is 5.20. The molecule has 0 aromatic heterocycles. The van der Waals surface area contributed by atoms with E-state index >= 15 is 0 Å². The molecule has 2 aliphatic rings. The largest absolute Gasteiger partial charge is 0.454 e. The number of fused-ring (bicyclic) bond motifs is 1. The Labute approximate surface area is 141 Å². The first-order chi connectivity index (χ1) is 11.6. The highest BCUT2D eigenvalue weighted by Crippen LogP contribution is 2.32. The van der Waals surface area contributed by atoms with Crippen molar-refractivity contribution in [2.45, 2.75) is 31.8 Å². The number of benzene rings is 1. The number of carbonyl (C=O) groups is 2. The number of hydrogen-bond donors (Lipinski definition) is 2. The van der Waals surface area contributed by atoms with E-state index in [1.54, 1.807) is 0 Å². The lowest BCUT2D eigenvalue weighted by Gasteiger charge is -2.19. The molecule has 1 fully saturated rings. The van der Waals surface area contributed by atoms with Gasteiger partial charge in [0.2, 0.25) is 18.6 Å². The Morgan fingerprint density at radius 1 is 1.33 bits per heavy atom. The summed E-state index contributed by atoms with van der Waals surface area (Å²) < 4.78 is 10.7. The van der Waals surface area contributed by atoms with Gasteiger partial charge in [-0.25, -0.2) is 0 Å². The van der Waals surface area contributed by atoms with Crippen molar-refractivity contribution >= 4 is 11.8 Å². The van der Waals surface area contributed by atoms with Gasteiger partial charge < -0.3 is 20.1 Å². The van der Waals surface area contributed by atoms with E-state index in [1.807, 2.05) is 30.1 Å². The van der Waals surface area contributed by atoms with Crippen LogP contribution in [0.3, 0.4) is 0 Å². The normalized spacial score (nSPS) is 19.8. The first kappa shape index (κ1) is 16.6. The SMILES string of the molecule is CN(CC(=O)NC1CCCCNC1=O)Cc1ccc2c(c1)OCO2. The third-order valence-electron chi connectivity index (χ3n) is 4.17. The van der Waals surface area contributed by atoms with E-state index in [4.69, 9.17) is 9.47 Å². The van der Waals surface area contributed by atoms with Crippen molar-refractivity contribution in [1.29, 1.82) is 0 Å². The number of likely N-dealkylation sites (N-methyl/N-ethyl adjacent to an activating group) is 1. The molecule has 1 aromatic rings. The summed E-state index contributed by atoms with van der Waals surface area (Å²) in [4.78, 5) is 26.0. The van der Waals surface area contributed by atoms with Gasteiger partial charge in [-0.15, -0.1) is 0 Å². The van der Waals surface area contributed by atoms with Gasteiger partial charge in [0.25, 0.3) is 0 Å². The van der Waals surface area contributed by atoms with Gasteiger partial charge in [0, 0.05) is 13.1 Å². The van der Waals surface area contributed by atoms with Crippen molar-refractivity contribution < 1.29 is 19.1 Å². The molecule has 3 rings (SSSR count). The minimum Gasteiger partial charge on any atom is -0.454 e. The second-order valence-corrected chi connectivity index (χ2v) is 6.27. The van der Waals surface area contributed by atoms with Crippen molar-refractivity contribution in [3.8, 4) is 11.5 Å². The summed E-state index contributed by atoms with van der Waals surface area (Å²) >= 11 is 0. The Bertz CT molecular complexity index is 620. The van der Waals surface area contributed by atoms with Crippen molar-refractivity contribution in [3.05, 3.63) is 23.8 Å². The number of hydrogen-bond acceptors (Lipinski definition) is 5. The van der Waals surface area contributed by atoms with Crippen molar-refractivity contribution in [2.24, 2.45) is 0 Å². The van der Waals surface area contributed by atoms with E-state index in [9.17, 15) is 9.59 Å². The van der Waals surface area contributed by atoms with E-state index in [1.165, 1.54) is 0 Å². The Morgan fingerprint density at radius 3 is 3.04 bits per heavy atom. The Hall–Kier alpha value is -2.28. The smallest absolute Gasteiger partial charge is 0.242 e. The van der Waals surface area contributed by atoms with Crippen LogP contribution >= 0.6 is 0 Å². The lowest BCUT2D eigenvalue weighted by atomic mass is 10.1. The number of carbonyl (C=O) groups excluding carboxylic acids is 2. The number of rotatable bonds is 5. The van der Waals surface area contributed by atoms with E-state index in [2.05, 4.69) is 10.6 Å². The lowest BCUT2D eigenvalue weighted by molar-refractivity contribution is -0.129. The van der Waals surface area contributed by atoms with E-state index < -0.39 is 6.04 Å². The molecule has 7 nitrogen and oxygen atoms in total. The Balaban J connectivity index is 1.49. The van der Waals surface area contributed by atoms with Gasteiger partial charge in [-0.3, -0.25) is 14.5 Å². The predicted molar refractivity (Wildman–Crippen MR) is 87.7 cm³/mol. The number of amides is 2. The summed E-state index contributed by atoms with van der Waals surface area (Å²) in [7, 11) is 1.87. The maximum absolute atomic E-state index is 12.2. The summed E-state index contributed by atoms with van der Waals surface area (Å²) in [6, 6.07) is 5.34. The molecule has 24 heavy (non-hydrogen) atoms. The van der Waals surface area contributed by atoms with Crippen LogP contribution in [0.25, 0.3) is 0 Å². The molecule has 130 valence electrons. The van der Waals surface area contributed by atoms with Gasteiger partial charge in [0.05, 0.1) is 6.54 Å². The maximum Gasteiger partial charge on any atom is 0.242 e. The number of nitrogens with one attached hydrogen (secondary N) is 2. The van der Waals surface area contributed by atoms with Gasteiger partial charge in [-0.2, -0.15) is 0 Å². The van der Waals surface area contributed by atoms with Crippen LogP contribution in [0.5, 0.6) is 11.5 Å². The van der Waals surface area contributed by atoms with E-state index in [-0.39, 0.29) is 25.2 Å². The fourth-order valence-corrected chi connectivity index (χ4v) is 2.97. The predicted octanol–water partition coefficient (Wildman–Crippen LogP) is 0.632. The van der Waals surface area contributed by atoms with Crippen molar-refractivity contribution in [3.63, 3.8) is 0 Å². The topological polar surface area (TPSA) is 79.9 Å². The summed E-state index contributed by atoms with van der Waals surface area (Å²) in [6.07, 6.45) is 2.60. The molecule has 0 radical (unpaired) electrons. The van der Waals surface area contributed by atoms with Gasteiger partial charge in [-0.1, -0.05) is 6.07 Å². The fraction of sp³-hybridized carbons (Fsp3) is 0.529. The summed E-state index contributed by atoms with van der Waals surface area (Å²) in [6.45, 7) is 1.79. The molecule has 1 aromatic carbocycles. The highest BCUT2D eigenvalue weighted by molar-refractivity contribution is 5.88. The first-order valence-corrected chi connectivity index (χ1v) is 8.26. The van der Waals surface area contributed by atoms with Crippen LogP contribution in [-0.4, -0.2) is 49.7 Å². The molecule has 1 unspecified atom stereocenters. The molecule has 2 N–H and O–H groups in total. The summed E-state index contributed by atoms with van der Waals surface area (Å²) in [5.74, 6) is 1.26. The van der Waals surface area contributed by atoms with Crippen molar-refractivity contribution in [2.75, 3.05) is 26.9 Å². The van der Waals surface area contributed by atoms with Crippen LogP contribution in [-0.2, 0) is 16.1 Å². The molecule has 0 aliphatic carbocycles. The van der Waals surface area contributed by atoms with Crippen LogP contribution in [0.4, 0.5) is 0 Å². The molecule has 7 heteroatoms. The van der Waals surface area contributed by atoms with Crippen LogP contribution in [0, 0.1) is 0 Å². The standard InChI is InChI=1S/C17H23N3O4/c1-20(9-12-5-6-14-15(8-12)24-11-23-14)10-16(21)19-13-4-2-3-7-18-17(13)22/h5-6,8,13H,2-4,7,9-11H2,1H3,(H,18,22)(H,19,21). The monoisotopic (exact) mass is 333 g/mol. The molecule has 0 spiro atoms. The molecule has 2 aliphatic heterocycles. The van der Waals surface area contributed by atoms with Crippen LogP contribution in [0.2, 0.25) is 0 Å². The Morgan fingerprint density at radius 2 is 2.17 bits per heavy atom. The zero-order valence-electron chi connectivity index (χ0n) is 13.8. The zero-order valence-corrected chi connectivity index (χ0v) is 13.8. The third-order valence-corrected chi connectivity index (χ3v) is 4.17. The van der Waals surface area contributed by atoms with Crippen LogP contribution < -0.4 is 20.1 Å². The van der Waals surface area contributed by atoms with Crippen LogP contribution in [0.15, 0.2) is 18.2 Å². The van der Waals surface area contributed by atoms with Gasteiger partial charge >= 0.3 is 0 Å². The molecule has 0 saturated carbocycles. The molecule has 2 amide bonds. The van der Waals surface area contributed by atoms with Gasteiger partial charge in [-0.05, 0) is 44.0 Å². The van der Waals surface area contributed by atoms with Crippen molar-refractivity contribution in [1.82, 2.24) is 15.5 Å². The van der Waals surface area contributed by atoms with Gasteiger partial charge in [0.1, 0.15) is 6.04 Å². The number of nitrogens with zero attached hydrogens (tertiary/aromatic N) is 1. The molecule has 1 saturated heterocycles. The minimum atomic E-state index is -0.418. The molecular formula is C17H23N3O4.